The second kappa shape index (κ2) is 10.8. The summed E-state index contributed by atoms with van der Waals surface area (Å²) in [4.78, 5) is 41.0. The van der Waals surface area contributed by atoms with E-state index < -0.39 is 11.7 Å². The lowest BCUT2D eigenvalue weighted by Crippen LogP contribution is -2.46. The van der Waals surface area contributed by atoms with E-state index in [-0.39, 0.29) is 6.42 Å². The Balaban J connectivity index is 1.52. The monoisotopic (exact) mass is 441 g/mol. The van der Waals surface area contributed by atoms with Crippen molar-refractivity contribution in [1.29, 1.82) is 0 Å². The number of aliphatic imine (C=N–C) groups is 1. The number of hydrogen-bond acceptors (Lipinski definition) is 9. The third-order valence-corrected chi connectivity index (χ3v) is 5.70. The van der Waals surface area contributed by atoms with Crippen molar-refractivity contribution in [3.05, 3.63) is 41.2 Å². The summed E-state index contributed by atoms with van der Waals surface area (Å²) < 4.78 is 0. The van der Waals surface area contributed by atoms with Gasteiger partial charge in [-0.15, -0.1) is 11.3 Å². The van der Waals surface area contributed by atoms with E-state index in [1.807, 2.05) is 18.4 Å². The van der Waals surface area contributed by atoms with Crippen molar-refractivity contribution in [3.63, 3.8) is 0 Å². The number of nitrogens with one attached hydrogen (secondary N) is 1. The Labute approximate surface area is 185 Å². The van der Waals surface area contributed by atoms with E-state index in [1.54, 1.807) is 19.2 Å². The van der Waals surface area contributed by atoms with Crippen LogP contribution in [0.4, 0.5) is 16.6 Å². The number of anilines is 2. The van der Waals surface area contributed by atoms with Gasteiger partial charge in [-0.05, 0) is 31.3 Å². The first-order valence-electron chi connectivity index (χ1n) is 10.1. The van der Waals surface area contributed by atoms with Crippen molar-refractivity contribution in [2.45, 2.75) is 26.8 Å². The average Bonchev–Trinajstić information content (AvgIpc) is 3.20. The number of ketones is 1. The third kappa shape index (κ3) is 6.19. The van der Waals surface area contributed by atoms with Gasteiger partial charge >= 0.3 is 0 Å². The molecule has 9 nitrogen and oxygen atoms in total. The highest BCUT2D eigenvalue weighted by molar-refractivity contribution is 7.14. The van der Waals surface area contributed by atoms with E-state index in [0.717, 1.165) is 43.3 Å². The summed E-state index contributed by atoms with van der Waals surface area (Å²) in [6, 6.07) is 3.97. The Morgan fingerprint density at radius 3 is 2.71 bits per heavy atom. The summed E-state index contributed by atoms with van der Waals surface area (Å²) in [6.07, 6.45) is 4.90. The van der Waals surface area contributed by atoms with Gasteiger partial charge in [0.25, 0.3) is 5.91 Å². The third-order valence-electron chi connectivity index (χ3n) is 4.89. The Morgan fingerprint density at radius 2 is 2.03 bits per heavy atom. The molecule has 3 rings (SSSR count). The first-order chi connectivity index (χ1) is 15.0. The van der Waals surface area contributed by atoms with Gasteiger partial charge < -0.3 is 10.6 Å². The van der Waals surface area contributed by atoms with Crippen LogP contribution in [0.25, 0.3) is 0 Å². The first kappa shape index (κ1) is 22.6. The molecule has 0 saturated carbocycles. The summed E-state index contributed by atoms with van der Waals surface area (Å²) in [5.41, 5.74) is 8.26. The summed E-state index contributed by atoms with van der Waals surface area (Å²) in [6.45, 7) is 7.94. The maximum absolute atomic E-state index is 11.7. The number of Topliss-reactive ketones (excluding diaryl/α,β-unsaturated/α-hetero) is 1. The topological polar surface area (TPSA) is 117 Å². The summed E-state index contributed by atoms with van der Waals surface area (Å²) >= 11 is 1.34. The number of carbonyl (C=O) groups is 2. The van der Waals surface area contributed by atoms with Crippen LogP contribution in [0.2, 0.25) is 0 Å². The molecule has 10 heteroatoms. The summed E-state index contributed by atoms with van der Waals surface area (Å²) in [5, 5.41) is 4.96. The lowest BCUT2D eigenvalue weighted by Gasteiger charge is -2.36. The number of aromatic nitrogens is 2. The molecule has 0 unspecified atom stereocenters. The number of piperazine rings is 1. The molecule has 1 saturated heterocycles. The number of thiazole rings is 1. The fraction of sp³-hybridized carbons (Fsp3) is 0.381. The normalized spacial score (nSPS) is 15.1. The molecule has 2 aromatic rings. The largest absolute Gasteiger partial charge is 0.405 e. The summed E-state index contributed by atoms with van der Waals surface area (Å²) in [7, 11) is 0. The van der Waals surface area contributed by atoms with Crippen LogP contribution in [-0.4, -0.2) is 59.0 Å². The maximum Gasteiger partial charge on any atom is 0.293 e. The molecule has 1 aliphatic rings. The van der Waals surface area contributed by atoms with E-state index in [4.69, 9.17) is 5.73 Å². The Bertz CT molecular complexity index is 978. The van der Waals surface area contributed by atoms with Gasteiger partial charge in [-0.2, -0.15) is 0 Å². The number of amides is 1. The van der Waals surface area contributed by atoms with Gasteiger partial charge in [0.1, 0.15) is 0 Å². The molecular weight excluding hydrogens is 414 g/mol. The summed E-state index contributed by atoms with van der Waals surface area (Å²) in [5.74, 6) is -0.386. The number of rotatable bonds is 8. The van der Waals surface area contributed by atoms with Crippen LogP contribution in [0.5, 0.6) is 0 Å². The van der Waals surface area contributed by atoms with Crippen LogP contribution >= 0.6 is 11.3 Å². The average molecular weight is 442 g/mol. The molecule has 1 aliphatic heterocycles. The van der Waals surface area contributed by atoms with E-state index in [1.165, 1.54) is 17.5 Å². The highest BCUT2D eigenvalue weighted by Gasteiger charge is 2.20. The van der Waals surface area contributed by atoms with Crippen molar-refractivity contribution in [1.82, 2.24) is 14.9 Å². The molecule has 164 valence electrons. The van der Waals surface area contributed by atoms with E-state index in [9.17, 15) is 9.59 Å². The number of nitrogens with two attached hydrogens (primary N) is 1. The molecule has 0 radical (unpaired) electrons. The van der Waals surface area contributed by atoms with E-state index in [0.29, 0.717) is 17.5 Å². The molecule has 1 amide bonds. The smallest absolute Gasteiger partial charge is 0.293 e. The molecule has 3 heterocycles. The van der Waals surface area contributed by atoms with Gasteiger partial charge in [0.15, 0.2) is 10.9 Å². The van der Waals surface area contributed by atoms with E-state index >= 15 is 0 Å². The SMILES string of the molecule is CCC(=O)C(=O)Nc1nc(CN2CCN(c3ccc(N=C/C=C\N)nc3C)CC2)cs1. The van der Waals surface area contributed by atoms with Crippen LogP contribution in [0.3, 0.4) is 0 Å². The lowest BCUT2D eigenvalue weighted by molar-refractivity contribution is -0.134. The number of nitrogens with zero attached hydrogens (tertiary/aromatic N) is 5. The van der Waals surface area contributed by atoms with Crippen LogP contribution < -0.4 is 16.0 Å². The van der Waals surface area contributed by atoms with Crippen molar-refractivity contribution >= 4 is 45.9 Å². The number of pyridine rings is 1. The first-order valence-corrected chi connectivity index (χ1v) is 11.0. The molecule has 0 spiro atoms. The Morgan fingerprint density at radius 1 is 1.26 bits per heavy atom. The van der Waals surface area contributed by atoms with Crippen LogP contribution in [-0.2, 0) is 16.1 Å². The van der Waals surface area contributed by atoms with Gasteiger partial charge in [0.2, 0.25) is 5.78 Å². The molecule has 0 bridgehead atoms. The van der Waals surface area contributed by atoms with Crippen LogP contribution in [0.15, 0.2) is 34.8 Å². The number of hydrogen-bond donors (Lipinski definition) is 2. The van der Waals surface area contributed by atoms with Crippen molar-refractivity contribution in [2.75, 3.05) is 36.4 Å². The van der Waals surface area contributed by atoms with Gasteiger partial charge in [0.05, 0.1) is 17.1 Å². The molecular formula is C21H27N7O2S. The quantitative estimate of drug-likeness (QED) is 0.477. The highest BCUT2D eigenvalue weighted by Crippen LogP contribution is 2.24. The number of allylic oxidation sites excluding steroid dienone is 1. The van der Waals surface area contributed by atoms with Crippen LogP contribution in [0.1, 0.15) is 24.7 Å². The van der Waals surface area contributed by atoms with Gasteiger partial charge in [-0.1, -0.05) is 6.92 Å². The molecule has 3 N–H and O–H groups in total. The van der Waals surface area contributed by atoms with Gasteiger partial charge in [-0.3, -0.25) is 19.8 Å². The molecule has 0 aromatic carbocycles. The Hall–Kier alpha value is -3.11. The van der Waals surface area contributed by atoms with E-state index in [2.05, 4.69) is 36.1 Å². The minimum atomic E-state index is -0.603. The minimum Gasteiger partial charge on any atom is -0.405 e. The van der Waals surface area contributed by atoms with Crippen LogP contribution in [0, 0.1) is 6.92 Å². The standard InChI is InChI=1S/C21H27N7O2S/c1-3-18(29)20(30)26-21-25-16(14-31-21)13-27-9-11-28(12-10-27)17-5-6-19(24-15(17)2)23-8-4-7-22/h4-8,14H,3,9-13,22H2,1-2H3,(H,25,26,30)/b7-4-,23-8?. The predicted molar refractivity (Wildman–Crippen MR) is 124 cm³/mol. The van der Waals surface area contributed by atoms with Gasteiger partial charge in [-0.25, -0.2) is 15.0 Å². The number of carbonyl (C=O) groups excluding carboxylic acids is 2. The van der Waals surface area contributed by atoms with Crippen molar-refractivity contribution in [2.24, 2.45) is 10.7 Å². The minimum absolute atomic E-state index is 0.185. The zero-order valence-electron chi connectivity index (χ0n) is 17.7. The second-order valence-electron chi connectivity index (χ2n) is 7.08. The van der Waals surface area contributed by atoms with Crippen molar-refractivity contribution < 1.29 is 9.59 Å². The lowest BCUT2D eigenvalue weighted by atomic mass is 10.2. The van der Waals surface area contributed by atoms with Gasteiger partial charge in [0, 0.05) is 50.7 Å². The number of aryl methyl sites for hydroxylation is 1. The fourth-order valence-electron chi connectivity index (χ4n) is 3.26. The Kier molecular flexibility index (Phi) is 7.85. The highest BCUT2D eigenvalue weighted by atomic mass is 32.1. The molecule has 31 heavy (non-hydrogen) atoms. The fourth-order valence-corrected chi connectivity index (χ4v) is 3.95. The molecule has 1 fully saturated rings. The molecule has 2 aromatic heterocycles. The second-order valence-corrected chi connectivity index (χ2v) is 7.93. The molecule has 0 aliphatic carbocycles. The zero-order chi connectivity index (χ0) is 22.2. The predicted octanol–water partition coefficient (Wildman–Crippen LogP) is 2.26. The zero-order valence-corrected chi connectivity index (χ0v) is 18.6. The van der Waals surface area contributed by atoms with Crippen molar-refractivity contribution in [3.8, 4) is 0 Å². The molecule has 0 atom stereocenters. The maximum atomic E-state index is 11.7.